The van der Waals surface area contributed by atoms with Crippen molar-refractivity contribution in [3.63, 3.8) is 0 Å². The first-order chi connectivity index (χ1) is 16.7. The molecule has 0 aliphatic rings. The number of benzene rings is 1. The third-order valence-corrected chi connectivity index (χ3v) is 6.63. The SMILES string of the molecule is CCC(C)C(NC(=O)OC(C)(C)C)C(=O)N(C(C(=O)NC(C)(C)C)c1ccc(C)cc1C)C(C)(C)CC. The van der Waals surface area contributed by atoms with Crippen LogP contribution in [-0.2, 0) is 14.3 Å². The van der Waals surface area contributed by atoms with Gasteiger partial charge in [-0.05, 0) is 92.7 Å². The van der Waals surface area contributed by atoms with E-state index < -0.39 is 34.9 Å². The second kappa shape index (κ2) is 12.3. The van der Waals surface area contributed by atoms with Crippen molar-refractivity contribution in [1.29, 1.82) is 0 Å². The number of alkyl carbamates (subject to hydrolysis) is 1. The molecule has 1 rings (SSSR count). The van der Waals surface area contributed by atoms with Gasteiger partial charge in [0.25, 0.3) is 0 Å². The molecular formula is C30H51N3O4. The molecule has 3 atom stereocenters. The van der Waals surface area contributed by atoms with Crippen LogP contribution < -0.4 is 10.6 Å². The van der Waals surface area contributed by atoms with Gasteiger partial charge in [-0.15, -0.1) is 0 Å². The monoisotopic (exact) mass is 517 g/mol. The number of ether oxygens (including phenoxy) is 1. The summed E-state index contributed by atoms with van der Waals surface area (Å²) in [7, 11) is 0. The molecule has 37 heavy (non-hydrogen) atoms. The number of amides is 3. The Morgan fingerprint density at radius 1 is 0.973 bits per heavy atom. The Hall–Kier alpha value is -2.57. The first-order valence-electron chi connectivity index (χ1n) is 13.5. The van der Waals surface area contributed by atoms with Gasteiger partial charge in [0, 0.05) is 11.1 Å². The van der Waals surface area contributed by atoms with E-state index in [1.54, 1.807) is 25.7 Å². The molecule has 3 unspecified atom stereocenters. The molecule has 3 amide bonds. The van der Waals surface area contributed by atoms with Gasteiger partial charge in [-0.3, -0.25) is 9.59 Å². The maximum atomic E-state index is 14.5. The van der Waals surface area contributed by atoms with Crippen LogP contribution in [0, 0.1) is 19.8 Å². The Kier molecular flexibility index (Phi) is 10.8. The van der Waals surface area contributed by atoms with Crippen LogP contribution in [0.2, 0.25) is 0 Å². The van der Waals surface area contributed by atoms with E-state index >= 15 is 0 Å². The first-order valence-corrected chi connectivity index (χ1v) is 13.5. The van der Waals surface area contributed by atoms with Crippen LogP contribution in [0.4, 0.5) is 4.79 Å². The van der Waals surface area contributed by atoms with E-state index in [1.807, 2.05) is 87.4 Å². The molecule has 0 fully saturated rings. The fourth-order valence-electron chi connectivity index (χ4n) is 4.18. The summed E-state index contributed by atoms with van der Waals surface area (Å²) in [5, 5.41) is 5.93. The Morgan fingerprint density at radius 2 is 1.54 bits per heavy atom. The van der Waals surface area contributed by atoms with Crippen molar-refractivity contribution in [3.05, 3.63) is 34.9 Å². The van der Waals surface area contributed by atoms with E-state index in [0.717, 1.165) is 16.7 Å². The zero-order chi connectivity index (χ0) is 28.9. The molecule has 0 saturated carbocycles. The highest BCUT2D eigenvalue weighted by molar-refractivity contribution is 5.93. The Morgan fingerprint density at radius 3 is 1.97 bits per heavy atom. The molecular weight excluding hydrogens is 466 g/mol. The molecule has 0 heterocycles. The molecule has 0 radical (unpaired) electrons. The van der Waals surface area contributed by atoms with Crippen molar-refractivity contribution >= 4 is 17.9 Å². The number of aryl methyl sites for hydroxylation is 2. The smallest absolute Gasteiger partial charge is 0.408 e. The van der Waals surface area contributed by atoms with Gasteiger partial charge >= 0.3 is 6.09 Å². The van der Waals surface area contributed by atoms with E-state index in [2.05, 4.69) is 10.6 Å². The van der Waals surface area contributed by atoms with E-state index in [1.165, 1.54) is 0 Å². The average Bonchev–Trinajstić information content (AvgIpc) is 2.72. The molecule has 0 saturated heterocycles. The predicted molar refractivity (Wildman–Crippen MR) is 150 cm³/mol. The highest BCUT2D eigenvalue weighted by atomic mass is 16.6. The van der Waals surface area contributed by atoms with Gasteiger partial charge in [0.15, 0.2) is 0 Å². The van der Waals surface area contributed by atoms with E-state index in [-0.39, 0.29) is 17.7 Å². The summed E-state index contributed by atoms with van der Waals surface area (Å²) in [5.74, 6) is -0.740. The third-order valence-electron chi connectivity index (χ3n) is 6.63. The summed E-state index contributed by atoms with van der Waals surface area (Å²) < 4.78 is 5.50. The van der Waals surface area contributed by atoms with E-state index in [4.69, 9.17) is 4.74 Å². The van der Waals surface area contributed by atoms with Crippen LogP contribution in [0.25, 0.3) is 0 Å². The number of carbonyl (C=O) groups is 3. The number of nitrogens with zero attached hydrogens (tertiary/aromatic N) is 1. The van der Waals surface area contributed by atoms with Crippen LogP contribution in [0.3, 0.4) is 0 Å². The number of carbonyl (C=O) groups excluding carboxylic acids is 3. The fraction of sp³-hybridized carbons (Fsp3) is 0.700. The van der Waals surface area contributed by atoms with Crippen molar-refractivity contribution in [2.24, 2.45) is 5.92 Å². The van der Waals surface area contributed by atoms with Crippen LogP contribution in [0.1, 0.15) is 112 Å². The zero-order valence-corrected chi connectivity index (χ0v) is 25.5. The average molecular weight is 518 g/mol. The molecule has 0 aliphatic carbocycles. The Balaban J connectivity index is 3.78. The minimum atomic E-state index is -0.880. The molecule has 7 heteroatoms. The lowest BCUT2D eigenvalue weighted by Crippen LogP contribution is -2.61. The molecule has 210 valence electrons. The van der Waals surface area contributed by atoms with Crippen LogP contribution >= 0.6 is 0 Å². The molecule has 7 nitrogen and oxygen atoms in total. The zero-order valence-electron chi connectivity index (χ0n) is 25.5. The lowest BCUT2D eigenvalue weighted by Gasteiger charge is -2.46. The van der Waals surface area contributed by atoms with Gasteiger partial charge in [-0.25, -0.2) is 4.79 Å². The first kappa shape index (κ1) is 32.5. The molecule has 0 aromatic heterocycles. The van der Waals surface area contributed by atoms with Crippen molar-refractivity contribution in [1.82, 2.24) is 15.5 Å². The molecule has 0 spiro atoms. The van der Waals surface area contributed by atoms with Crippen LogP contribution in [-0.4, -0.2) is 45.5 Å². The quantitative estimate of drug-likeness (QED) is 0.407. The summed E-state index contributed by atoms with van der Waals surface area (Å²) in [5.41, 5.74) is 0.887. The highest BCUT2D eigenvalue weighted by Gasteiger charge is 2.45. The molecule has 0 bridgehead atoms. The Labute approximate surface area is 225 Å². The largest absolute Gasteiger partial charge is 0.444 e. The van der Waals surface area contributed by atoms with Gasteiger partial charge in [0.05, 0.1) is 0 Å². The third kappa shape index (κ3) is 9.35. The summed E-state index contributed by atoms with van der Waals surface area (Å²) in [6.07, 6.45) is 0.625. The normalized spacial score (nSPS) is 14.8. The predicted octanol–water partition coefficient (Wildman–Crippen LogP) is 6.22. The Bertz CT molecular complexity index is 957. The summed E-state index contributed by atoms with van der Waals surface area (Å²) in [6, 6.07) is 4.19. The van der Waals surface area contributed by atoms with Crippen molar-refractivity contribution in [2.75, 3.05) is 0 Å². The number of rotatable bonds is 9. The lowest BCUT2D eigenvalue weighted by atomic mass is 9.87. The maximum Gasteiger partial charge on any atom is 0.408 e. The molecule has 2 N–H and O–H groups in total. The van der Waals surface area contributed by atoms with Crippen molar-refractivity contribution in [2.45, 2.75) is 132 Å². The van der Waals surface area contributed by atoms with E-state index in [9.17, 15) is 14.4 Å². The standard InChI is InChI=1S/C30H51N3O4/c1-14-20(4)23(31-27(36)37-29(9,10)11)26(35)33(30(12,13)15-2)24(25(34)32-28(6,7)8)22-17-16-19(3)18-21(22)5/h16-18,20,23-24H,14-15H2,1-13H3,(H,31,36)(H,32,34). The maximum absolute atomic E-state index is 14.5. The van der Waals surface area contributed by atoms with E-state index in [0.29, 0.717) is 12.8 Å². The molecule has 1 aromatic rings. The minimum absolute atomic E-state index is 0.180. The number of hydrogen-bond acceptors (Lipinski definition) is 4. The molecule has 0 aliphatic heterocycles. The van der Waals surface area contributed by atoms with Crippen LogP contribution in [0.5, 0.6) is 0 Å². The van der Waals surface area contributed by atoms with Crippen molar-refractivity contribution < 1.29 is 19.1 Å². The molecule has 1 aromatic carbocycles. The minimum Gasteiger partial charge on any atom is -0.444 e. The fourth-order valence-corrected chi connectivity index (χ4v) is 4.18. The topological polar surface area (TPSA) is 87.7 Å². The van der Waals surface area contributed by atoms with Crippen LogP contribution in [0.15, 0.2) is 18.2 Å². The summed E-state index contributed by atoms with van der Waals surface area (Å²) in [4.78, 5) is 42.9. The lowest BCUT2D eigenvalue weighted by molar-refractivity contribution is -0.151. The van der Waals surface area contributed by atoms with Crippen molar-refractivity contribution in [3.8, 4) is 0 Å². The van der Waals surface area contributed by atoms with Gasteiger partial charge in [0.2, 0.25) is 11.8 Å². The van der Waals surface area contributed by atoms with Gasteiger partial charge < -0.3 is 20.3 Å². The number of nitrogens with one attached hydrogen (secondary N) is 2. The van der Waals surface area contributed by atoms with Gasteiger partial charge in [-0.1, -0.05) is 51.0 Å². The summed E-state index contributed by atoms with van der Waals surface area (Å²) in [6.45, 7) is 24.9. The number of hydrogen-bond donors (Lipinski definition) is 2. The summed E-state index contributed by atoms with van der Waals surface area (Å²) >= 11 is 0. The highest BCUT2D eigenvalue weighted by Crippen LogP contribution is 2.35. The second-order valence-corrected chi connectivity index (χ2v) is 12.9. The second-order valence-electron chi connectivity index (χ2n) is 12.9. The van der Waals surface area contributed by atoms with Gasteiger partial charge in [-0.2, -0.15) is 0 Å². The van der Waals surface area contributed by atoms with Gasteiger partial charge in [0.1, 0.15) is 17.7 Å².